The van der Waals surface area contributed by atoms with Gasteiger partial charge in [-0.25, -0.2) is 8.42 Å². The van der Waals surface area contributed by atoms with E-state index in [1.54, 1.807) is 24.3 Å². The number of amides is 1. The first-order valence-electron chi connectivity index (χ1n) is 9.19. The standard InChI is InChI=1S/C21H25NO4S/c1-15-11-16(2)13-18(12-15)26-14-21(23)22-17-7-9-20(10-8-17)27(24,25)19-5-3-4-6-19/h7-13,19H,3-6,14H2,1-2H3,(H,22,23). The first-order valence-corrected chi connectivity index (χ1v) is 10.7. The minimum Gasteiger partial charge on any atom is -0.484 e. The van der Waals surface area contributed by atoms with Crippen LogP contribution in [0.15, 0.2) is 47.4 Å². The average molecular weight is 388 g/mol. The number of benzene rings is 2. The highest BCUT2D eigenvalue weighted by Crippen LogP contribution is 2.30. The van der Waals surface area contributed by atoms with Gasteiger partial charge in [-0.2, -0.15) is 0 Å². The van der Waals surface area contributed by atoms with Gasteiger partial charge in [0.25, 0.3) is 5.91 Å². The van der Waals surface area contributed by atoms with Gasteiger partial charge in [0.2, 0.25) is 0 Å². The van der Waals surface area contributed by atoms with Gasteiger partial charge in [0.15, 0.2) is 16.4 Å². The van der Waals surface area contributed by atoms with E-state index in [1.807, 2.05) is 32.0 Å². The lowest BCUT2D eigenvalue weighted by Gasteiger charge is -2.12. The maximum Gasteiger partial charge on any atom is 0.262 e. The Morgan fingerprint density at radius 1 is 1.04 bits per heavy atom. The quantitative estimate of drug-likeness (QED) is 0.812. The molecule has 1 saturated carbocycles. The fourth-order valence-corrected chi connectivity index (χ4v) is 5.34. The number of nitrogens with one attached hydrogen (secondary N) is 1. The van der Waals surface area contributed by atoms with Crippen LogP contribution in [0, 0.1) is 13.8 Å². The summed E-state index contributed by atoms with van der Waals surface area (Å²) in [7, 11) is -3.28. The molecule has 1 amide bonds. The van der Waals surface area contributed by atoms with Crippen molar-refractivity contribution in [3.63, 3.8) is 0 Å². The summed E-state index contributed by atoms with van der Waals surface area (Å²) in [5.41, 5.74) is 2.70. The van der Waals surface area contributed by atoms with E-state index in [1.165, 1.54) is 0 Å². The maximum absolute atomic E-state index is 12.6. The molecule has 0 heterocycles. The van der Waals surface area contributed by atoms with Gasteiger partial charge in [-0.3, -0.25) is 4.79 Å². The molecule has 0 spiro atoms. The molecule has 5 nitrogen and oxygen atoms in total. The zero-order valence-corrected chi connectivity index (χ0v) is 16.5. The highest BCUT2D eigenvalue weighted by atomic mass is 32.2. The third kappa shape index (κ3) is 4.89. The van der Waals surface area contributed by atoms with Crippen molar-refractivity contribution in [1.29, 1.82) is 0 Å². The van der Waals surface area contributed by atoms with Crippen molar-refractivity contribution in [2.45, 2.75) is 49.7 Å². The van der Waals surface area contributed by atoms with Crippen molar-refractivity contribution in [1.82, 2.24) is 0 Å². The van der Waals surface area contributed by atoms with Crippen molar-refractivity contribution < 1.29 is 17.9 Å². The highest BCUT2D eigenvalue weighted by Gasteiger charge is 2.30. The molecule has 1 aliphatic rings. The van der Waals surface area contributed by atoms with Gasteiger partial charge in [0.1, 0.15) is 5.75 Å². The van der Waals surface area contributed by atoms with Gasteiger partial charge < -0.3 is 10.1 Å². The molecule has 144 valence electrons. The molecule has 0 aliphatic heterocycles. The summed E-state index contributed by atoms with van der Waals surface area (Å²) < 4.78 is 30.7. The molecule has 0 aromatic heterocycles. The molecular weight excluding hydrogens is 362 g/mol. The summed E-state index contributed by atoms with van der Waals surface area (Å²) in [6.07, 6.45) is 3.41. The number of aryl methyl sites for hydroxylation is 2. The number of hydrogen-bond donors (Lipinski definition) is 1. The first kappa shape index (κ1) is 19.4. The number of sulfone groups is 1. The Kier molecular flexibility index (Phi) is 5.85. The summed E-state index contributed by atoms with van der Waals surface area (Å²) in [6, 6.07) is 12.2. The van der Waals surface area contributed by atoms with Crippen molar-refractivity contribution in [2.75, 3.05) is 11.9 Å². The molecule has 1 fully saturated rings. The maximum atomic E-state index is 12.6. The van der Waals surface area contributed by atoms with E-state index >= 15 is 0 Å². The number of ether oxygens (including phenoxy) is 1. The Hall–Kier alpha value is -2.34. The highest BCUT2D eigenvalue weighted by molar-refractivity contribution is 7.92. The van der Waals surface area contributed by atoms with Crippen molar-refractivity contribution in [3.8, 4) is 5.75 Å². The van der Waals surface area contributed by atoms with E-state index < -0.39 is 9.84 Å². The van der Waals surface area contributed by atoms with Gasteiger partial charge in [0.05, 0.1) is 10.1 Å². The SMILES string of the molecule is Cc1cc(C)cc(OCC(=O)Nc2ccc(S(=O)(=O)C3CCCC3)cc2)c1. The Bertz CT molecular complexity index is 893. The molecular formula is C21H25NO4S. The smallest absolute Gasteiger partial charge is 0.262 e. The lowest BCUT2D eigenvalue weighted by molar-refractivity contribution is -0.118. The van der Waals surface area contributed by atoms with E-state index in [9.17, 15) is 13.2 Å². The predicted molar refractivity (Wildman–Crippen MR) is 106 cm³/mol. The molecule has 0 atom stereocenters. The molecule has 0 unspecified atom stereocenters. The topological polar surface area (TPSA) is 72.5 Å². The van der Waals surface area contributed by atoms with Gasteiger partial charge >= 0.3 is 0 Å². The van der Waals surface area contributed by atoms with E-state index in [2.05, 4.69) is 5.32 Å². The van der Waals surface area contributed by atoms with E-state index in [-0.39, 0.29) is 17.8 Å². The lowest BCUT2D eigenvalue weighted by Crippen LogP contribution is -2.20. The Morgan fingerprint density at radius 3 is 2.22 bits per heavy atom. The van der Waals surface area contributed by atoms with Gasteiger partial charge in [-0.05, 0) is 74.2 Å². The second-order valence-electron chi connectivity index (χ2n) is 7.14. The number of rotatable bonds is 6. The molecule has 27 heavy (non-hydrogen) atoms. The van der Waals surface area contributed by atoms with Crippen LogP contribution in [0.1, 0.15) is 36.8 Å². The van der Waals surface area contributed by atoms with E-state index in [4.69, 9.17) is 4.74 Å². The summed E-state index contributed by atoms with van der Waals surface area (Å²) in [5.74, 6) is 0.362. The molecule has 2 aromatic carbocycles. The summed E-state index contributed by atoms with van der Waals surface area (Å²) in [4.78, 5) is 12.4. The van der Waals surface area contributed by atoms with E-state index in [0.717, 1.165) is 36.8 Å². The Morgan fingerprint density at radius 2 is 1.63 bits per heavy atom. The average Bonchev–Trinajstić information content (AvgIpc) is 3.15. The summed E-state index contributed by atoms with van der Waals surface area (Å²) in [5, 5.41) is 2.46. The van der Waals surface area contributed by atoms with Crippen LogP contribution >= 0.6 is 0 Å². The molecule has 0 radical (unpaired) electrons. The second-order valence-corrected chi connectivity index (χ2v) is 9.36. The fourth-order valence-electron chi connectivity index (χ4n) is 3.48. The van der Waals surface area contributed by atoms with E-state index in [0.29, 0.717) is 16.3 Å². The third-order valence-electron chi connectivity index (χ3n) is 4.77. The van der Waals surface area contributed by atoms with Crippen molar-refractivity contribution >= 4 is 21.4 Å². The van der Waals surface area contributed by atoms with Crippen LogP contribution in [0.25, 0.3) is 0 Å². The minimum atomic E-state index is -3.28. The summed E-state index contributed by atoms with van der Waals surface area (Å²) >= 11 is 0. The zero-order valence-electron chi connectivity index (χ0n) is 15.7. The lowest BCUT2D eigenvalue weighted by atomic mass is 10.1. The number of carbonyl (C=O) groups is 1. The van der Waals surface area contributed by atoms with Crippen LogP contribution in [0.2, 0.25) is 0 Å². The van der Waals surface area contributed by atoms with Crippen molar-refractivity contribution in [2.24, 2.45) is 0 Å². The molecule has 1 N–H and O–H groups in total. The van der Waals surface area contributed by atoms with Crippen molar-refractivity contribution in [3.05, 3.63) is 53.6 Å². The Labute approximate surface area is 160 Å². The van der Waals surface area contributed by atoms with Crippen LogP contribution in [0.4, 0.5) is 5.69 Å². The third-order valence-corrected chi connectivity index (χ3v) is 7.05. The van der Waals surface area contributed by atoms with Crippen LogP contribution in [0.3, 0.4) is 0 Å². The first-order chi connectivity index (χ1) is 12.8. The van der Waals surface area contributed by atoms with Gasteiger partial charge in [0, 0.05) is 5.69 Å². The Balaban J connectivity index is 1.58. The molecule has 1 aliphatic carbocycles. The number of anilines is 1. The van der Waals surface area contributed by atoms with Crippen LogP contribution in [0.5, 0.6) is 5.75 Å². The number of carbonyl (C=O) groups excluding carboxylic acids is 1. The van der Waals surface area contributed by atoms with Crippen LogP contribution < -0.4 is 10.1 Å². The second kappa shape index (κ2) is 8.13. The minimum absolute atomic E-state index is 0.106. The largest absolute Gasteiger partial charge is 0.484 e. The summed E-state index contributed by atoms with van der Waals surface area (Å²) in [6.45, 7) is 3.84. The normalized spacial score (nSPS) is 14.9. The van der Waals surface area contributed by atoms with Gasteiger partial charge in [-0.15, -0.1) is 0 Å². The number of hydrogen-bond acceptors (Lipinski definition) is 4. The fraction of sp³-hybridized carbons (Fsp3) is 0.381. The van der Waals surface area contributed by atoms with Crippen LogP contribution in [-0.4, -0.2) is 26.2 Å². The molecule has 2 aromatic rings. The van der Waals surface area contributed by atoms with Crippen LogP contribution in [-0.2, 0) is 14.6 Å². The predicted octanol–water partition coefficient (Wildman–Crippen LogP) is 4.04. The molecule has 0 bridgehead atoms. The monoisotopic (exact) mass is 387 g/mol. The molecule has 0 saturated heterocycles. The molecule has 3 rings (SSSR count). The van der Waals surface area contributed by atoms with Gasteiger partial charge in [-0.1, -0.05) is 18.9 Å². The zero-order chi connectivity index (χ0) is 19.4. The molecule has 6 heteroatoms.